The fraction of sp³-hybridized carbons (Fsp3) is 0.650. The molecular weight excluding hydrogens is 660 g/mol. The molecule has 2 aliphatic heterocycles. The van der Waals surface area contributed by atoms with Crippen LogP contribution >= 0.6 is 0 Å². The summed E-state index contributed by atoms with van der Waals surface area (Å²) in [6.45, 7) is 24.5. The van der Waals surface area contributed by atoms with Crippen molar-refractivity contribution < 1.29 is 28.6 Å². The molecule has 12 nitrogen and oxygen atoms in total. The van der Waals surface area contributed by atoms with E-state index >= 15 is 0 Å². The monoisotopic (exact) mass is 722 g/mol. The first kappa shape index (κ1) is 40.7. The minimum absolute atomic E-state index is 0.157. The predicted molar refractivity (Wildman–Crippen MR) is 203 cm³/mol. The van der Waals surface area contributed by atoms with Crippen molar-refractivity contribution in [3.63, 3.8) is 0 Å². The lowest BCUT2D eigenvalue weighted by molar-refractivity contribution is 0.00706. The minimum atomic E-state index is -0.635. The highest BCUT2D eigenvalue weighted by molar-refractivity contribution is 5.71. The quantitative estimate of drug-likeness (QED) is 0.206. The smallest absolute Gasteiger partial charge is 0.410 e. The van der Waals surface area contributed by atoms with Gasteiger partial charge in [0.25, 0.3) is 0 Å². The van der Waals surface area contributed by atoms with Crippen LogP contribution in [0.4, 0.5) is 20.1 Å². The fourth-order valence-corrected chi connectivity index (χ4v) is 6.51. The van der Waals surface area contributed by atoms with Gasteiger partial charge in [0, 0.05) is 64.2 Å². The van der Waals surface area contributed by atoms with Crippen molar-refractivity contribution >= 4 is 24.0 Å². The number of aryl methyl sites for hydroxylation is 1. The Morgan fingerprint density at radius 1 is 0.846 bits per heavy atom. The lowest BCUT2D eigenvalue weighted by atomic mass is 9.91. The van der Waals surface area contributed by atoms with Crippen LogP contribution in [-0.2, 0) is 33.7 Å². The number of anilines is 1. The molecule has 3 heterocycles. The Bertz CT molecular complexity index is 1520. The summed E-state index contributed by atoms with van der Waals surface area (Å²) in [6.07, 6.45) is 3.09. The van der Waals surface area contributed by atoms with E-state index in [4.69, 9.17) is 19.2 Å². The Hall–Kier alpha value is -4.06. The second-order valence-corrected chi connectivity index (χ2v) is 17.0. The van der Waals surface area contributed by atoms with Crippen LogP contribution in [0.15, 0.2) is 36.5 Å². The van der Waals surface area contributed by atoms with Crippen LogP contribution in [0.2, 0.25) is 0 Å². The van der Waals surface area contributed by atoms with Crippen molar-refractivity contribution in [2.75, 3.05) is 50.7 Å². The summed E-state index contributed by atoms with van der Waals surface area (Å²) in [5, 5.41) is 2.87. The van der Waals surface area contributed by atoms with Gasteiger partial charge in [-0.3, -0.25) is 14.8 Å². The molecule has 3 amide bonds. The number of rotatable bonds is 10. The number of fused-ring (bicyclic) bond motifs is 1. The van der Waals surface area contributed by atoms with E-state index < -0.39 is 22.9 Å². The van der Waals surface area contributed by atoms with E-state index in [1.54, 1.807) is 4.90 Å². The number of nitrogens with one attached hydrogen (secondary N) is 1. The van der Waals surface area contributed by atoms with Crippen LogP contribution in [0, 0.1) is 6.92 Å². The SMILES string of the molecule is Cc1cccnc1CN(CCCCNC(=O)OC(C)(C)C)CC1Cc2c(cccc2N2CCN(C(=O)OC(C)(C)C)CC2)CN1C(=O)OC(C)(C)C. The number of hydrogen-bond donors (Lipinski definition) is 1. The summed E-state index contributed by atoms with van der Waals surface area (Å²) in [6, 6.07) is 10.2. The number of aromatic nitrogens is 1. The molecule has 1 N–H and O–H groups in total. The molecule has 1 aromatic carbocycles. The molecule has 0 saturated carbocycles. The average molecular weight is 723 g/mol. The summed E-state index contributed by atoms with van der Waals surface area (Å²) in [7, 11) is 0. The number of unbranched alkanes of at least 4 members (excludes halogenated alkanes) is 1. The summed E-state index contributed by atoms with van der Waals surface area (Å²) < 4.78 is 17.0. The molecule has 0 radical (unpaired) electrons. The highest BCUT2D eigenvalue weighted by Gasteiger charge is 2.36. The van der Waals surface area contributed by atoms with E-state index in [9.17, 15) is 14.4 Å². The summed E-state index contributed by atoms with van der Waals surface area (Å²) in [5.74, 6) is 0. The molecule has 1 unspecified atom stereocenters. The lowest BCUT2D eigenvalue weighted by Gasteiger charge is -2.42. The highest BCUT2D eigenvalue weighted by atomic mass is 16.6. The predicted octanol–water partition coefficient (Wildman–Crippen LogP) is 6.92. The average Bonchev–Trinajstić information content (AvgIpc) is 3.02. The number of ether oxygens (including phenoxy) is 3. The normalized spacial score (nSPS) is 16.8. The Labute approximate surface area is 311 Å². The molecule has 0 spiro atoms. The standard InChI is InChI=1S/C40H62N6O6/c1-29-15-14-19-41-33(29)28-43(20-12-11-18-42-35(47)50-38(2,3)4)27-31-25-32-30(26-46(31)37(49)52-40(8,9)10)16-13-17-34(32)44-21-23-45(24-22-44)36(48)51-39(5,6)7/h13-17,19,31H,11-12,18,20-28H2,1-10H3,(H,42,47). The molecule has 2 aromatic rings. The van der Waals surface area contributed by atoms with Gasteiger partial charge in [0.15, 0.2) is 0 Å². The number of amides is 3. The molecule has 1 saturated heterocycles. The second-order valence-electron chi connectivity index (χ2n) is 17.0. The topological polar surface area (TPSA) is 117 Å². The van der Waals surface area contributed by atoms with Crippen molar-refractivity contribution in [3.8, 4) is 0 Å². The van der Waals surface area contributed by atoms with Gasteiger partial charge in [-0.25, -0.2) is 14.4 Å². The van der Waals surface area contributed by atoms with E-state index in [0.717, 1.165) is 41.9 Å². The molecule has 0 bridgehead atoms. The van der Waals surface area contributed by atoms with Gasteiger partial charge in [0.1, 0.15) is 16.8 Å². The maximum Gasteiger partial charge on any atom is 0.410 e. The number of pyridine rings is 1. The third-order valence-corrected chi connectivity index (χ3v) is 8.90. The Balaban J connectivity index is 1.54. The number of carbonyl (C=O) groups excluding carboxylic acids is 3. The number of alkyl carbamates (subject to hydrolysis) is 1. The Morgan fingerprint density at radius 3 is 2.13 bits per heavy atom. The largest absolute Gasteiger partial charge is 0.444 e. The molecular formula is C40H62N6O6. The molecule has 1 aromatic heterocycles. The van der Waals surface area contributed by atoms with Gasteiger partial charge in [0.2, 0.25) is 0 Å². The van der Waals surface area contributed by atoms with Crippen LogP contribution in [0.3, 0.4) is 0 Å². The second kappa shape index (κ2) is 17.2. The van der Waals surface area contributed by atoms with E-state index in [-0.39, 0.29) is 18.2 Å². The maximum absolute atomic E-state index is 13.8. The van der Waals surface area contributed by atoms with Gasteiger partial charge in [-0.2, -0.15) is 0 Å². The minimum Gasteiger partial charge on any atom is -0.444 e. The summed E-state index contributed by atoms with van der Waals surface area (Å²) >= 11 is 0. The van der Waals surface area contributed by atoms with Crippen molar-refractivity contribution in [1.29, 1.82) is 0 Å². The van der Waals surface area contributed by atoms with Crippen LogP contribution in [0.5, 0.6) is 0 Å². The summed E-state index contributed by atoms with van der Waals surface area (Å²) in [5.41, 5.74) is 3.88. The number of nitrogens with zero attached hydrogens (tertiary/aromatic N) is 5. The zero-order valence-electron chi connectivity index (χ0n) is 33.2. The Kier molecular flexibility index (Phi) is 13.4. The van der Waals surface area contributed by atoms with Crippen molar-refractivity contribution in [1.82, 2.24) is 25.0 Å². The van der Waals surface area contributed by atoms with Gasteiger partial charge >= 0.3 is 18.3 Å². The van der Waals surface area contributed by atoms with Crippen molar-refractivity contribution in [2.45, 2.75) is 124 Å². The highest BCUT2D eigenvalue weighted by Crippen LogP contribution is 2.34. The van der Waals surface area contributed by atoms with Crippen LogP contribution in [0.1, 0.15) is 97.5 Å². The first-order chi connectivity index (χ1) is 24.3. The van der Waals surface area contributed by atoms with Gasteiger partial charge in [-0.05, 0) is 124 Å². The molecule has 12 heteroatoms. The van der Waals surface area contributed by atoms with Gasteiger partial charge in [0.05, 0.1) is 11.7 Å². The van der Waals surface area contributed by atoms with Crippen molar-refractivity contribution in [3.05, 3.63) is 58.9 Å². The zero-order chi connectivity index (χ0) is 38.3. The third-order valence-electron chi connectivity index (χ3n) is 8.90. The summed E-state index contributed by atoms with van der Waals surface area (Å²) in [4.78, 5) is 51.9. The maximum atomic E-state index is 13.8. The fourth-order valence-electron chi connectivity index (χ4n) is 6.51. The van der Waals surface area contributed by atoms with Gasteiger partial charge in [-0.15, -0.1) is 0 Å². The van der Waals surface area contributed by atoms with Gasteiger partial charge in [-0.1, -0.05) is 18.2 Å². The van der Waals surface area contributed by atoms with Crippen LogP contribution in [0.25, 0.3) is 0 Å². The molecule has 1 fully saturated rings. The molecule has 52 heavy (non-hydrogen) atoms. The van der Waals surface area contributed by atoms with E-state index in [2.05, 4.69) is 46.3 Å². The number of carbonyl (C=O) groups is 3. The lowest BCUT2D eigenvalue weighted by Crippen LogP contribution is -2.52. The zero-order valence-corrected chi connectivity index (χ0v) is 33.2. The van der Waals surface area contributed by atoms with E-state index in [0.29, 0.717) is 58.8 Å². The molecule has 4 rings (SSSR count). The van der Waals surface area contributed by atoms with Crippen molar-refractivity contribution in [2.24, 2.45) is 0 Å². The number of piperazine rings is 1. The van der Waals surface area contributed by atoms with E-state index in [1.165, 1.54) is 5.56 Å². The Morgan fingerprint density at radius 2 is 1.50 bits per heavy atom. The van der Waals surface area contributed by atoms with Crippen LogP contribution in [-0.4, -0.2) is 107 Å². The molecule has 1 atom stereocenters. The molecule has 2 aliphatic rings. The van der Waals surface area contributed by atoms with Gasteiger partial charge < -0.3 is 29.3 Å². The number of benzene rings is 1. The molecule has 288 valence electrons. The first-order valence-corrected chi connectivity index (χ1v) is 18.7. The molecule has 0 aliphatic carbocycles. The number of hydrogen-bond acceptors (Lipinski definition) is 9. The first-order valence-electron chi connectivity index (χ1n) is 18.7. The van der Waals surface area contributed by atoms with E-state index in [1.807, 2.05) is 79.5 Å². The third kappa shape index (κ3) is 12.6. The van der Waals surface area contributed by atoms with Crippen LogP contribution < -0.4 is 10.2 Å².